The topological polar surface area (TPSA) is 89.4 Å². The Kier molecular flexibility index (Phi) is 1.70. The second kappa shape index (κ2) is 1.74. The average molecular weight is 125 g/mol. The first-order chi connectivity index (χ1) is 2.94. The van der Waals surface area contributed by atoms with Crippen LogP contribution in [0.5, 0.6) is 0 Å². The molecule has 6 heteroatoms. The Morgan fingerprint density at radius 3 is 1.57 bits per heavy atom. The Bertz CT molecular complexity index is 135. The number of nitrogens with zero attached hydrogens (tertiary/aromatic N) is 1. The first-order valence-corrected chi connectivity index (χ1v) is 3.29. The maximum absolute atomic E-state index is 10.0. The van der Waals surface area contributed by atoms with Crippen LogP contribution in [0, 0.1) is 0 Å². The lowest BCUT2D eigenvalue weighted by molar-refractivity contribution is 0.448. The van der Waals surface area contributed by atoms with E-state index in [1.165, 1.54) is 0 Å². The SMILES string of the molecule is CS(=O)(=O)N(N)N. The van der Waals surface area contributed by atoms with E-state index in [0.29, 0.717) is 0 Å². The summed E-state index contributed by atoms with van der Waals surface area (Å²) in [6, 6.07) is 0. The average Bonchev–Trinajstić information content (AvgIpc) is 1.31. The van der Waals surface area contributed by atoms with E-state index in [2.05, 4.69) is 11.7 Å². The fourth-order valence-electron chi connectivity index (χ4n) is 0. The molecule has 7 heavy (non-hydrogen) atoms. The molecule has 0 spiro atoms. The van der Waals surface area contributed by atoms with Gasteiger partial charge >= 0.3 is 0 Å². The highest BCUT2D eigenvalue weighted by molar-refractivity contribution is 7.88. The third-order valence-electron chi connectivity index (χ3n) is 0.383. The summed E-state index contributed by atoms with van der Waals surface area (Å²) >= 11 is 0. The summed E-state index contributed by atoms with van der Waals surface area (Å²) in [5.41, 5.74) is 0. The second-order valence-corrected chi connectivity index (χ2v) is 2.98. The second-order valence-electron chi connectivity index (χ2n) is 1.09. The predicted octanol–water partition coefficient (Wildman–Crippen LogP) is -2.00. The third-order valence-corrected chi connectivity index (χ3v) is 1.15. The quantitative estimate of drug-likeness (QED) is 0.313. The van der Waals surface area contributed by atoms with Crippen LogP contribution in [0.1, 0.15) is 0 Å². The summed E-state index contributed by atoms with van der Waals surface area (Å²) in [6.07, 6.45) is 0.910. The molecule has 0 aromatic carbocycles. The Hall–Kier alpha value is -0.170. The minimum Gasteiger partial charge on any atom is -0.241 e. The molecule has 5 nitrogen and oxygen atoms in total. The van der Waals surface area contributed by atoms with E-state index in [9.17, 15) is 8.42 Å². The van der Waals surface area contributed by atoms with Crippen molar-refractivity contribution in [3.63, 3.8) is 0 Å². The Balaban J connectivity index is 4.10. The molecule has 4 N–H and O–H groups in total. The first-order valence-electron chi connectivity index (χ1n) is 1.44. The summed E-state index contributed by atoms with van der Waals surface area (Å²) in [5.74, 6) is 9.19. The normalized spacial score (nSPS) is 12.6. The lowest BCUT2D eigenvalue weighted by Gasteiger charge is -2.02. The van der Waals surface area contributed by atoms with Gasteiger partial charge in [-0.15, -0.1) is 0 Å². The van der Waals surface area contributed by atoms with E-state index in [0.717, 1.165) is 6.26 Å². The molecule has 0 heterocycles. The summed E-state index contributed by atoms with van der Waals surface area (Å²) in [7, 11) is -3.35. The largest absolute Gasteiger partial charge is 0.241 e. The number of sulfonamides is 1. The zero-order valence-corrected chi connectivity index (χ0v) is 4.64. The molecular weight excluding hydrogens is 118 g/mol. The molecule has 0 saturated heterocycles. The highest BCUT2D eigenvalue weighted by Crippen LogP contribution is 1.74. The highest BCUT2D eigenvalue weighted by atomic mass is 32.2. The van der Waals surface area contributed by atoms with E-state index >= 15 is 0 Å². The molecular formula is CH7N3O2S. The van der Waals surface area contributed by atoms with Gasteiger partial charge in [0, 0.05) is 0 Å². The minimum atomic E-state index is -3.35. The third kappa shape index (κ3) is 2.52. The number of hydrogen-bond acceptors (Lipinski definition) is 4. The van der Waals surface area contributed by atoms with E-state index in [-0.39, 0.29) is 4.52 Å². The van der Waals surface area contributed by atoms with Gasteiger partial charge in [-0.3, -0.25) is 0 Å². The number of hydrazine groups is 2. The van der Waals surface area contributed by atoms with Crippen LogP contribution in [0.2, 0.25) is 0 Å². The van der Waals surface area contributed by atoms with Crippen LogP contribution in [0.25, 0.3) is 0 Å². The van der Waals surface area contributed by atoms with Crippen molar-refractivity contribution in [1.82, 2.24) is 4.52 Å². The lowest BCUT2D eigenvalue weighted by Crippen LogP contribution is -2.42. The number of rotatable bonds is 1. The molecule has 0 rings (SSSR count). The first kappa shape index (κ1) is 6.83. The molecule has 0 amide bonds. The van der Waals surface area contributed by atoms with Crippen molar-refractivity contribution in [3.8, 4) is 0 Å². The summed E-state index contributed by atoms with van der Waals surface area (Å²) in [4.78, 5) is 0. The van der Waals surface area contributed by atoms with Crippen LogP contribution >= 0.6 is 0 Å². The minimum absolute atomic E-state index is 0.160. The monoisotopic (exact) mass is 125 g/mol. The van der Waals surface area contributed by atoms with Gasteiger partial charge < -0.3 is 0 Å². The molecule has 0 aromatic heterocycles. The van der Waals surface area contributed by atoms with Gasteiger partial charge in [0.15, 0.2) is 0 Å². The Labute approximate surface area is 41.9 Å². The van der Waals surface area contributed by atoms with Crippen molar-refractivity contribution < 1.29 is 8.42 Å². The Morgan fingerprint density at radius 2 is 1.57 bits per heavy atom. The predicted molar refractivity (Wildman–Crippen MR) is 25.1 cm³/mol. The van der Waals surface area contributed by atoms with Crippen molar-refractivity contribution in [2.75, 3.05) is 6.26 Å². The summed E-state index contributed by atoms with van der Waals surface area (Å²) < 4.78 is 20.2. The van der Waals surface area contributed by atoms with Crippen molar-refractivity contribution in [2.24, 2.45) is 11.7 Å². The zero-order chi connectivity index (χ0) is 6.08. The molecule has 44 valence electrons. The smallest absolute Gasteiger partial charge is 0.236 e. The van der Waals surface area contributed by atoms with Crippen molar-refractivity contribution in [3.05, 3.63) is 0 Å². The van der Waals surface area contributed by atoms with Gasteiger partial charge in [0.25, 0.3) is 0 Å². The van der Waals surface area contributed by atoms with Crippen LogP contribution in [0.15, 0.2) is 0 Å². The van der Waals surface area contributed by atoms with Crippen LogP contribution < -0.4 is 11.7 Å². The summed E-state index contributed by atoms with van der Waals surface area (Å²) in [5, 5.41) is 0. The maximum Gasteiger partial charge on any atom is 0.236 e. The molecule has 0 unspecified atom stereocenters. The molecule has 0 atom stereocenters. The van der Waals surface area contributed by atoms with Crippen molar-refractivity contribution in [1.29, 1.82) is 0 Å². The molecule has 0 fully saturated rings. The van der Waals surface area contributed by atoms with Gasteiger partial charge in [0.2, 0.25) is 10.0 Å². The molecule has 0 aliphatic rings. The van der Waals surface area contributed by atoms with Gasteiger partial charge in [-0.25, -0.2) is 20.1 Å². The van der Waals surface area contributed by atoms with Crippen LogP contribution in [0.4, 0.5) is 0 Å². The fourth-order valence-corrected chi connectivity index (χ4v) is 0. The number of nitrogens with two attached hydrogens (primary N) is 2. The molecule has 0 radical (unpaired) electrons. The maximum atomic E-state index is 10.0. The van der Waals surface area contributed by atoms with Crippen LogP contribution in [-0.4, -0.2) is 19.2 Å². The molecule has 0 bridgehead atoms. The van der Waals surface area contributed by atoms with Crippen LogP contribution in [0.3, 0.4) is 0 Å². The fraction of sp³-hybridized carbons (Fsp3) is 1.00. The van der Waals surface area contributed by atoms with Crippen molar-refractivity contribution >= 4 is 10.0 Å². The molecule has 0 saturated carbocycles. The summed E-state index contributed by atoms with van der Waals surface area (Å²) in [6.45, 7) is 0. The van der Waals surface area contributed by atoms with E-state index in [4.69, 9.17) is 0 Å². The van der Waals surface area contributed by atoms with Gasteiger partial charge in [0.05, 0.1) is 6.26 Å². The molecule has 0 aliphatic carbocycles. The van der Waals surface area contributed by atoms with Crippen LogP contribution in [-0.2, 0) is 10.0 Å². The van der Waals surface area contributed by atoms with E-state index in [1.807, 2.05) is 0 Å². The van der Waals surface area contributed by atoms with E-state index < -0.39 is 10.0 Å². The van der Waals surface area contributed by atoms with Gasteiger partial charge in [0.1, 0.15) is 0 Å². The van der Waals surface area contributed by atoms with Gasteiger partial charge in [-0.1, -0.05) is 4.52 Å². The van der Waals surface area contributed by atoms with Crippen molar-refractivity contribution in [2.45, 2.75) is 0 Å². The van der Waals surface area contributed by atoms with Gasteiger partial charge in [-0.2, -0.15) is 0 Å². The Morgan fingerprint density at radius 1 is 1.43 bits per heavy atom. The standard InChI is InChI=1S/CH7N3O2S/c1-7(5,6)4(2)3/h2-3H2,1H3. The van der Waals surface area contributed by atoms with E-state index in [1.54, 1.807) is 0 Å². The van der Waals surface area contributed by atoms with Gasteiger partial charge in [-0.05, 0) is 0 Å². The zero-order valence-electron chi connectivity index (χ0n) is 3.83. The lowest BCUT2D eigenvalue weighted by atomic mass is 12.0. The number of hydrogen-bond donors (Lipinski definition) is 2. The molecule has 0 aliphatic heterocycles. The highest BCUT2D eigenvalue weighted by Gasteiger charge is 2.02. The molecule has 0 aromatic rings.